The molecule has 0 fully saturated rings. The van der Waals surface area contributed by atoms with E-state index < -0.39 is 11.9 Å². The largest absolute Gasteiger partial charge is 0.497 e. The molecule has 0 bridgehead atoms. The lowest BCUT2D eigenvalue weighted by Gasteiger charge is -2.19. The molecule has 4 rings (SSSR count). The van der Waals surface area contributed by atoms with Crippen molar-refractivity contribution in [3.63, 3.8) is 0 Å². The number of carbonyl (C=O) groups excluding carboxylic acids is 2. The van der Waals surface area contributed by atoms with E-state index in [4.69, 9.17) is 16.3 Å². The average molecular weight is 507 g/mol. The Bertz CT molecular complexity index is 1420. The Labute approximate surface area is 211 Å². The van der Waals surface area contributed by atoms with Crippen LogP contribution in [0.3, 0.4) is 0 Å². The third kappa shape index (κ3) is 6.32. The van der Waals surface area contributed by atoms with Gasteiger partial charge in [-0.05, 0) is 53.6 Å². The number of hydrogen-bond donors (Lipinski definition) is 2. The van der Waals surface area contributed by atoms with E-state index in [1.165, 1.54) is 6.07 Å². The van der Waals surface area contributed by atoms with Crippen molar-refractivity contribution in [1.29, 1.82) is 0 Å². The number of methoxy groups -OCH3 is 1. The first-order valence-corrected chi connectivity index (χ1v) is 12.3. The molecule has 4 aromatic rings. The predicted octanol–water partition coefficient (Wildman–Crippen LogP) is 4.99. The van der Waals surface area contributed by atoms with Crippen LogP contribution in [0, 0.1) is 0 Å². The Balaban J connectivity index is 1.60. The summed E-state index contributed by atoms with van der Waals surface area (Å²) in [5, 5.41) is 3.98. The number of thioether (sulfide) groups is 1. The molecule has 0 aliphatic heterocycles. The zero-order valence-corrected chi connectivity index (χ0v) is 20.5. The summed E-state index contributed by atoms with van der Waals surface area (Å²) >= 11 is 7.05. The van der Waals surface area contributed by atoms with Crippen LogP contribution in [0.5, 0.6) is 5.75 Å². The Kier molecular flexibility index (Phi) is 7.90. The summed E-state index contributed by atoms with van der Waals surface area (Å²) in [6.45, 7) is 0. The van der Waals surface area contributed by atoms with Crippen molar-refractivity contribution in [3.05, 3.63) is 111 Å². The number of ether oxygens (including phenoxy) is 1. The molecular formula is C27H23ClN2O4S. The summed E-state index contributed by atoms with van der Waals surface area (Å²) in [5.74, 6) is 0.730. The molecule has 1 heterocycles. The van der Waals surface area contributed by atoms with E-state index in [9.17, 15) is 14.4 Å². The number of pyridine rings is 1. The molecule has 178 valence electrons. The van der Waals surface area contributed by atoms with Crippen LogP contribution in [-0.4, -0.2) is 29.2 Å². The zero-order chi connectivity index (χ0) is 24.8. The standard InChI is InChI=1S/C27H23ClN2O4S/c1-34-21-6-4-5-17(13-21)16-35-27(33)24(30-26(32)18-9-11-20(28)12-10-18)14-19-15-25(31)29-23-8-3-2-7-22(19)23/h2-13,15,24H,14,16H2,1H3,(H,29,31)(H,30,32). The van der Waals surface area contributed by atoms with E-state index >= 15 is 0 Å². The van der Waals surface area contributed by atoms with Crippen LogP contribution in [0.25, 0.3) is 10.9 Å². The van der Waals surface area contributed by atoms with Crippen LogP contribution in [0.1, 0.15) is 21.5 Å². The van der Waals surface area contributed by atoms with Gasteiger partial charge in [0, 0.05) is 39.7 Å². The Morgan fingerprint density at radius 3 is 2.57 bits per heavy atom. The fourth-order valence-electron chi connectivity index (χ4n) is 3.72. The smallest absolute Gasteiger partial charge is 0.251 e. The number of benzene rings is 3. The van der Waals surface area contributed by atoms with Crippen LogP contribution in [0.4, 0.5) is 0 Å². The van der Waals surface area contributed by atoms with Crippen molar-refractivity contribution in [1.82, 2.24) is 10.3 Å². The predicted molar refractivity (Wildman–Crippen MR) is 140 cm³/mol. The quantitative estimate of drug-likeness (QED) is 0.351. The first kappa shape index (κ1) is 24.6. The number of nitrogens with one attached hydrogen (secondary N) is 2. The molecule has 2 N–H and O–H groups in total. The molecule has 3 aromatic carbocycles. The van der Waals surface area contributed by atoms with E-state index in [1.54, 1.807) is 37.4 Å². The molecular weight excluding hydrogens is 484 g/mol. The van der Waals surface area contributed by atoms with Gasteiger partial charge < -0.3 is 15.0 Å². The molecule has 1 atom stereocenters. The number of carbonyl (C=O) groups is 2. The van der Waals surface area contributed by atoms with Gasteiger partial charge in [-0.15, -0.1) is 0 Å². The van der Waals surface area contributed by atoms with E-state index in [2.05, 4.69) is 10.3 Å². The topological polar surface area (TPSA) is 88.3 Å². The molecule has 0 aliphatic rings. The lowest BCUT2D eigenvalue weighted by molar-refractivity contribution is -0.112. The van der Waals surface area contributed by atoms with Gasteiger partial charge in [-0.2, -0.15) is 0 Å². The van der Waals surface area contributed by atoms with Crippen molar-refractivity contribution in [2.75, 3.05) is 7.11 Å². The summed E-state index contributed by atoms with van der Waals surface area (Å²) in [5.41, 5.74) is 2.40. The number of fused-ring (bicyclic) bond motifs is 1. The highest BCUT2D eigenvalue weighted by Crippen LogP contribution is 2.22. The summed E-state index contributed by atoms with van der Waals surface area (Å²) in [6, 6.07) is 21.9. The molecule has 1 amide bonds. The Morgan fingerprint density at radius 1 is 1.03 bits per heavy atom. The third-order valence-electron chi connectivity index (χ3n) is 5.47. The minimum absolute atomic E-state index is 0.174. The monoisotopic (exact) mass is 506 g/mol. The number of para-hydroxylation sites is 1. The third-order valence-corrected chi connectivity index (χ3v) is 6.77. The molecule has 0 radical (unpaired) electrons. The van der Waals surface area contributed by atoms with Crippen LogP contribution in [0.15, 0.2) is 83.7 Å². The number of aromatic nitrogens is 1. The fourth-order valence-corrected chi connectivity index (χ4v) is 4.68. The Morgan fingerprint density at radius 2 is 1.80 bits per heavy atom. The van der Waals surface area contributed by atoms with Gasteiger partial charge in [0.05, 0.1) is 7.11 Å². The molecule has 8 heteroatoms. The van der Waals surface area contributed by atoms with Gasteiger partial charge in [0.1, 0.15) is 11.8 Å². The maximum absolute atomic E-state index is 13.3. The number of H-pyrrole nitrogens is 1. The van der Waals surface area contributed by atoms with Gasteiger partial charge in [0.15, 0.2) is 0 Å². The van der Waals surface area contributed by atoms with Gasteiger partial charge >= 0.3 is 0 Å². The normalized spacial score (nSPS) is 11.7. The summed E-state index contributed by atoms with van der Waals surface area (Å²) < 4.78 is 5.26. The van der Waals surface area contributed by atoms with E-state index in [-0.39, 0.29) is 17.1 Å². The second-order valence-corrected chi connectivity index (χ2v) is 9.32. The molecule has 0 saturated carbocycles. The highest BCUT2D eigenvalue weighted by Gasteiger charge is 2.24. The van der Waals surface area contributed by atoms with E-state index in [1.807, 2.05) is 42.5 Å². The number of hydrogen-bond acceptors (Lipinski definition) is 5. The lowest BCUT2D eigenvalue weighted by atomic mass is 10.0. The molecule has 0 aliphatic carbocycles. The maximum atomic E-state index is 13.3. The van der Waals surface area contributed by atoms with Gasteiger partial charge in [-0.1, -0.05) is 53.7 Å². The first-order valence-electron chi connectivity index (χ1n) is 10.9. The molecule has 35 heavy (non-hydrogen) atoms. The van der Waals surface area contributed by atoms with Crippen molar-refractivity contribution in [3.8, 4) is 5.75 Å². The average Bonchev–Trinajstić information content (AvgIpc) is 2.87. The highest BCUT2D eigenvalue weighted by atomic mass is 35.5. The highest BCUT2D eigenvalue weighted by molar-refractivity contribution is 8.13. The number of halogens is 1. The van der Waals surface area contributed by atoms with Gasteiger partial charge in [-0.25, -0.2) is 0 Å². The molecule has 6 nitrogen and oxygen atoms in total. The van der Waals surface area contributed by atoms with Crippen molar-refractivity contribution in [2.45, 2.75) is 18.2 Å². The first-order chi connectivity index (χ1) is 16.9. The van der Waals surface area contributed by atoms with Crippen LogP contribution >= 0.6 is 23.4 Å². The summed E-state index contributed by atoms with van der Waals surface area (Å²) in [7, 11) is 1.59. The van der Waals surface area contributed by atoms with Crippen LogP contribution in [-0.2, 0) is 17.0 Å². The summed E-state index contributed by atoms with van der Waals surface area (Å²) in [4.78, 5) is 41.3. The number of aromatic amines is 1. The number of rotatable bonds is 8. The Hall–Kier alpha value is -3.55. The molecule has 0 saturated heterocycles. The lowest BCUT2D eigenvalue weighted by Crippen LogP contribution is -2.41. The van der Waals surface area contributed by atoms with E-state index in [0.29, 0.717) is 33.2 Å². The van der Waals surface area contributed by atoms with Crippen molar-refractivity contribution < 1.29 is 14.3 Å². The second kappa shape index (κ2) is 11.3. The zero-order valence-electron chi connectivity index (χ0n) is 18.9. The van der Waals surface area contributed by atoms with Crippen molar-refractivity contribution >= 4 is 45.3 Å². The van der Waals surface area contributed by atoms with Gasteiger partial charge in [-0.3, -0.25) is 14.4 Å². The fraction of sp³-hybridized carbons (Fsp3) is 0.148. The minimum Gasteiger partial charge on any atom is -0.497 e. The maximum Gasteiger partial charge on any atom is 0.251 e. The summed E-state index contributed by atoms with van der Waals surface area (Å²) in [6.07, 6.45) is 0.174. The molecule has 0 spiro atoms. The van der Waals surface area contributed by atoms with E-state index in [0.717, 1.165) is 22.7 Å². The van der Waals surface area contributed by atoms with Gasteiger partial charge in [0.25, 0.3) is 5.91 Å². The molecule has 1 aromatic heterocycles. The van der Waals surface area contributed by atoms with Gasteiger partial charge in [0.2, 0.25) is 10.7 Å². The number of amides is 1. The molecule has 1 unspecified atom stereocenters. The minimum atomic E-state index is -0.848. The van der Waals surface area contributed by atoms with Crippen LogP contribution < -0.4 is 15.6 Å². The van der Waals surface area contributed by atoms with Crippen LogP contribution in [0.2, 0.25) is 5.02 Å². The van der Waals surface area contributed by atoms with Crippen molar-refractivity contribution in [2.24, 2.45) is 0 Å². The second-order valence-electron chi connectivity index (χ2n) is 7.90. The SMILES string of the molecule is COc1cccc(CSC(=O)C(Cc2cc(=O)[nH]c3ccccc23)NC(=O)c2ccc(Cl)cc2)c1.